The number of ether oxygens (including phenoxy) is 1. The lowest BCUT2D eigenvalue weighted by molar-refractivity contribution is 0.277. The van der Waals surface area contributed by atoms with Crippen molar-refractivity contribution in [1.82, 2.24) is 0 Å². The molecule has 0 saturated heterocycles. The smallest absolute Gasteiger partial charge is 0.0958 e. The highest BCUT2D eigenvalue weighted by atomic mass is 16.5. The van der Waals surface area contributed by atoms with Gasteiger partial charge < -0.3 is 4.74 Å². The van der Waals surface area contributed by atoms with Gasteiger partial charge >= 0.3 is 0 Å². The lowest BCUT2D eigenvalue weighted by Crippen LogP contribution is -1.94. The predicted octanol–water partition coefficient (Wildman–Crippen LogP) is 4.42. The van der Waals surface area contributed by atoms with E-state index < -0.39 is 0 Å². The molecule has 0 atom stereocenters. The third-order valence-corrected chi connectivity index (χ3v) is 2.52. The van der Waals surface area contributed by atoms with Crippen molar-refractivity contribution in [2.75, 3.05) is 7.11 Å². The molecule has 0 bridgehead atoms. The highest BCUT2D eigenvalue weighted by molar-refractivity contribution is 5.68. The van der Waals surface area contributed by atoms with Crippen LogP contribution >= 0.6 is 0 Å². The summed E-state index contributed by atoms with van der Waals surface area (Å²) < 4.78 is 5.19. The fourth-order valence-electron chi connectivity index (χ4n) is 1.68. The van der Waals surface area contributed by atoms with Crippen molar-refractivity contribution in [3.63, 3.8) is 0 Å². The van der Waals surface area contributed by atoms with Gasteiger partial charge in [0.25, 0.3) is 0 Å². The van der Waals surface area contributed by atoms with E-state index >= 15 is 0 Å². The fraction of sp³-hybridized carbons (Fsp3) is 0.333. The van der Waals surface area contributed by atoms with E-state index in [0.717, 1.165) is 18.6 Å². The quantitative estimate of drug-likeness (QED) is 0.711. The molecule has 1 aliphatic rings. The topological polar surface area (TPSA) is 9.23 Å². The minimum absolute atomic E-state index is 1.01. The third kappa shape index (κ3) is 3.27. The molecule has 1 heteroatoms. The number of hydrogen-bond acceptors (Lipinski definition) is 1. The van der Waals surface area contributed by atoms with Crippen LogP contribution in [0.4, 0.5) is 0 Å². The van der Waals surface area contributed by atoms with Crippen LogP contribution in [0.15, 0.2) is 48.2 Å². The molecule has 0 aromatic heterocycles. The van der Waals surface area contributed by atoms with Gasteiger partial charge in [-0.1, -0.05) is 50.3 Å². The van der Waals surface area contributed by atoms with Crippen molar-refractivity contribution in [2.45, 2.75) is 26.7 Å². The van der Waals surface area contributed by atoms with Crippen LogP contribution in [-0.4, -0.2) is 7.11 Å². The van der Waals surface area contributed by atoms with E-state index in [1.807, 2.05) is 19.9 Å². The molecule has 0 radical (unpaired) electrons. The first-order valence-electron chi connectivity index (χ1n) is 5.89. The Bertz CT molecular complexity index is 360. The summed E-state index contributed by atoms with van der Waals surface area (Å²) in [7, 11) is 1.73. The van der Waals surface area contributed by atoms with E-state index in [2.05, 4.69) is 36.4 Å². The van der Waals surface area contributed by atoms with Gasteiger partial charge in [-0.25, -0.2) is 0 Å². The Morgan fingerprint density at radius 3 is 2.12 bits per heavy atom. The minimum Gasteiger partial charge on any atom is -0.501 e. The zero-order chi connectivity index (χ0) is 11.8. The molecule has 1 aromatic rings. The molecule has 0 unspecified atom stereocenters. The van der Waals surface area contributed by atoms with Gasteiger partial charge in [-0.3, -0.25) is 0 Å². The minimum atomic E-state index is 1.01. The largest absolute Gasteiger partial charge is 0.501 e. The summed E-state index contributed by atoms with van der Waals surface area (Å²) in [6.45, 7) is 4.00. The van der Waals surface area contributed by atoms with Gasteiger partial charge in [-0.2, -0.15) is 0 Å². The molecular weight excluding hydrogens is 196 g/mol. The Morgan fingerprint density at radius 1 is 0.938 bits per heavy atom. The lowest BCUT2D eigenvalue weighted by Gasteiger charge is -2.13. The van der Waals surface area contributed by atoms with Gasteiger partial charge in [0.05, 0.1) is 12.9 Å². The normalized spacial score (nSPS) is 14.2. The van der Waals surface area contributed by atoms with Crippen LogP contribution < -0.4 is 0 Å². The van der Waals surface area contributed by atoms with Crippen molar-refractivity contribution in [3.05, 3.63) is 53.8 Å². The summed E-state index contributed by atoms with van der Waals surface area (Å²) in [5.74, 6) is 1.07. The zero-order valence-corrected chi connectivity index (χ0v) is 10.4. The first-order chi connectivity index (χ1) is 7.90. The molecule has 1 nitrogen and oxygen atoms in total. The third-order valence-electron chi connectivity index (χ3n) is 2.52. The van der Waals surface area contributed by atoms with Gasteiger partial charge in [-0.15, -0.1) is 0 Å². The Balaban J connectivity index is 0.000000606. The van der Waals surface area contributed by atoms with E-state index in [4.69, 9.17) is 4.74 Å². The summed E-state index contributed by atoms with van der Waals surface area (Å²) in [4.78, 5) is 0. The number of methoxy groups -OCH3 is 1. The van der Waals surface area contributed by atoms with E-state index in [0.29, 0.717) is 0 Å². The molecule has 2 rings (SSSR count). The number of rotatable bonds is 2. The molecule has 0 N–H and O–H groups in total. The number of hydrogen-bond donors (Lipinski definition) is 0. The van der Waals surface area contributed by atoms with Gasteiger partial charge in [0.2, 0.25) is 0 Å². The lowest BCUT2D eigenvalue weighted by atomic mass is 9.97. The maximum absolute atomic E-state index is 5.19. The van der Waals surface area contributed by atoms with E-state index in [1.165, 1.54) is 11.1 Å². The molecule has 0 spiro atoms. The van der Waals surface area contributed by atoms with Crippen molar-refractivity contribution in [3.8, 4) is 0 Å². The van der Waals surface area contributed by atoms with Gasteiger partial charge in [-0.05, 0) is 23.6 Å². The first kappa shape index (κ1) is 12.6. The predicted molar refractivity (Wildman–Crippen MR) is 70.1 cm³/mol. The van der Waals surface area contributed by atoms with Crippen molar-refractivity contribution >= 4 is 5.57 Å². The number of benzene rings is 1. The van der Waals surface area contributed by atoms with E-state index in [-0.39, 0.29) is 0 Å². The first-order valence-corrected chi connectivity index (χ1v) is 5.89. The molecule has 0 aliphatic heterocycles. The molecular formula is C15H20O. The van der Waals surface area contributed by atoms with Crippen molar-refractivity contribution in [1.29, 1.82) is 0 Å². The van der Waals surface area contributed by atoms with E-state index in [9.17, 15) is 0 Å². The average molecular weight is 216 g/mol. The number of allylic oxidation sites excluding steroid dienone is 4. The summed E-state index contributed by atoms with van der Waals surface area (Å²) >= 11 is 0. The van der Waals surface area contributed by atoms with Gasteiger partial charge in [0.1, 0.15) is 0 Å². The molecule has 1 aliphatic carbocycles. The summed E-state index contributed by atoms with van der Waals surface area (Å²) in [5.41, 5.74) is 2.71. The molecule has 0 heterocycles. The second-order valence-corrected chi connectivity index (χ2v) is 3.40. The summed E-state index contributed by atoms with van der Waals surface area (Å²) in [5, 5.41) is 0. The Kier molecular flexibility index (Phi) is 5.41. The van der Waals surface area contributed by atoms with E-state index in [1.54, 1.807) is 7.11 Å². The molecule has 0 saturated carbocycles. The Morgan fingerprint density at radius 2 is 1.62 bits per heavy atom. The molecule has 0 fully saturated rings. The molecule has 86 valence electrons. The van der Waals surface area contributed by atoms with Gasteiger partial charge in [0, 0.05) is 6.42 Å². The zero-order valence-electron chi connectivity index (χ0n) is 10.4. The molecule has 1 aromatic carbocycles. The van der Waals surface area contributed by atoms with Crippen LogP contribution in [-0.2, 0) is 4.74 Å². The van der Waals surface area contributed by atoms with Crippen LogP contribution in [0.2, 0.25) is 0 Å². The fourth-order valence-corrected chi connectivity index (χ4v) is 1.68. The van der Waals surface area contributed by atoms with Crippen molar-refractivity contribution in [2.24, 2.45) is 0 Å². The Hall–Kier alpha value is -1.50. The van der Waals surface area contributed by atoms with Crippen LogP contribution in [0, 0.1) is 0 Å². The standard InChI is InChI=1S/C13H14O.C2H6/c1-14-13-9-7-12(8-10-13)11-5-3-2-4-6-11;1-2/h2-7,9H,8,10H2,1H3;1-2H3. The average Bonchev–Trinajstić information content (AvgIpc) is 2.42. The van der Waals surface area contributed by atoms with Crippen molar-refractivity contribution < 1.29 is 4.74 Å². The SMILES string of the molecule is CC.COC1=CC=C(c2ccccc2)CC1. The molecule has 0 amide bonds. The van der Waals surface area contributed by atoms with Gasteiger partial charge in [0.15, 0.2) is 0 Å². The van der Waals surface area contributed by atoms with Crippen LogP contribution in [0.25, 0.3) is 5.57 Å². The monoisotopic (exact) mass is 216 g/mol. The highest BCUT2D eigenvalue weighted by Crippen LogP contribution is 2.26. The second-order valence-electron chi connectivity index (χ2n) is 3.40. The van der Waals surface area contributed by atoms with Crippen LogP contribution in [0.3, 0.4) is 0 Å². The van der Waals surface area contributed by atoms with Crippen LogP contribution in [0.5, 0.6) is 0 Å². The maximum atomic E-state index is 5.19. The summed E-state index contributed by atoms with van der Waals surface area (Å²) in [6, 6.07) is 10.5. The Labute approximate surface area is 98.5 Å². The second kappa shape index (κ2) is 6.89. The maximum Gasteiger partial charge on any atom is 0.0958 e. The van der Waals surface area contributed by atoms with Crippen LogP contribution in [0.1, 0.15) is 32.3 Å². The highest BCUT2D eigenvalue weighted by Gasteiger charge is 2.07. The summed E-state index contributed by atoms with van der Waals surface area (Å²) in [6.07, 6.45) is 6.30. The molecule has 16 heavy (non-hydrogen) atoms.